The van der Waals surface area contributed by atoms with Crippen LogP contribution in [-0.2, 0) is 4.79 Å². The van der Waals surface area contributed by atoms with Crippen LogP contribution >= 0.6 is 0 Å². The van der Waals surface area contributed by atoms with Crippen LogP contribution in [0.4, 0.5) is 5.95 Å². The molecule has 1 saturated heterocycles. The number of aryl methyl sites for hydroxylation is 1. The zero-order chi connectivity index (χ0) is 13.7. The van der Waals surface area contributed by atoms with E-state index >= 15 is 0 Å². The van der Waals surface area contributed by atoms with Gasteiger partial charge in [-0.2, -0.15) is 4.98 Å². The molecule has 2 heterocycles. The molecule has 7 heteroatoms. The summed E-state index contributed by atoms with van der Waals surface area (Å²) < 4.78 is 5.05. The smallest absolute Gasteiger partial charge is 0.240 e. The highest BCUT2D eigenvalue weighted by Crippen LogP contribution is 2.11. The molecule has 7 nitrogen and oxygen atoms in total. The van der Waals surface area contributed by atoms with Gasteiger partial charge in [0.15, 0.2) is 0 Å². The second kappa shape index (κ2) is 6.44. The minimum absolute atomic E-state index is 0.102. The van der Waals surface area contributed by atoms with E-state index in [1.54, 1.807) is 6.07 Å². The number of rotatable bonds is 4. The van der Waals surface area contributed by atoms with Crippen molar-refractivity contribution in [3.8, 4) is 5.88 Å². The van der Waals surface area contributed by atoms with Gasteiger partial charge in [0.25, 0.3) is 0 Å². The number of carbonyl (C=O) groups is 1. The largest absolute Gasteiger partial charge is 0.481 e. The molecule has 0 saturated carbocycles. The highest BCUT2D eigenvalue weighted by Gasteiger charge is 2.14. The summed E-state index contributed by atoms with van der Waals surface area (Å²) in [7, 11) is 1.54. The van der Waals surface area contributed by atoms with Crippen LogP contribution in [0.15, 0.2) is 6.07 Å². The van der Waals surface area contributed by atoms with Crippen LogP contribution < -0.4 is 15.4 Å². The van der Waals surface area contributed by atoms with Gasteiger partial charge in [0.1, 0.15) is 0 Å². The van der Waals surface area contributed by atoms with E-state index in [2.05, 4.69) is 25.5 Å². The first-order chi connectivity index (χ1) is 9.17. The summed E-state index contributed by atoms with van der Waals surface area (Å²) in [5.41, 5.74) is 0.754. The average molecular weight is 265 g/mol. The van der Waals surface area contributed by atoms with Crippen molar-refractivity contribution in [3.05, 3.63) is 11.8 Å². The van der Waals surface area contributed by atoms with E-state index in [0.717, 1.165) is 31.9 Å². The number of amides is 1. The Hall–Kier alpha value is -1.73. The quantitative estimate of drug-likeness (QED) is 0.774. The Morgan fingerprint density at radius 2 is 2.21 bits per heavy atom. The molecule has 2 rings (SSSR count). The third kappa shape index (κ3) is 4.15. The monoisotopic (exact) mass is 265 g/mol. The van der Waals surface area contributed by atoms with Crippen molar-refractivity contribution >= 4 is 11.9 Å². The number of anilines is 1. The Labute approximate surface area is 112 Å². The topological polar surface area (TPSA) is 79.4 Å². The second-order valence-electron chi connectivity index (χ2n) is 4.45. The lowest BCUT2D eigenvalue weighted by molar-refractivity contribution is -0.117. The first-order valence-electron chi connectivity index (χ1n) is 6.30. The second-order valence-corrected chi connectivity index (χ2v) is 4.45. The number of hydrogen-bond donors (Lipinski definition) is 2. The van der Waals surface area contributed by atoms with Crippen LogP contribution in [-0.4, -0.2) is 60.6 Å². The van der Waals surface area contributed by atoms with Gasteiger partial charge in [-0.1, -0.05) is 0 Å². The maximum Gasteiger partial charge on any atom is 0.240 e. The number of nitrogens with zero attached hydrogens (tertiary/aromatic N) is 3. The molecule has 1 aliphatic rings. The van der Waals surface area contributed by atoms with Crippen LogP contribution in [0.5, 0.6) is 5.88 Å². The zero-order valence-electron chi connectivity index (χ0n) is 11.3. The molecule has 19 heavy (non-hydrogen) atoms. The summed E-state index contributed by atoms with van der Waals surface area (Å²) in [4.78, 5) is 22.2. The fourth-order valence-corrected chi connectivity index (χ4v) is 1.94. The summed E-state index contributed by atoms with van der Waals surface area (Å²) in [5.74, 6) is 0.636. The van der Waals surface area contributed by atoms with Crippen LogP contribution in [0.1, 0.15) is 5.69 Å². The van der Waals surface area contributed by atoms with Gasteiger partial charge < -0.3 is 10.1 Å². The first kappa shape index (κ1) is 13.7. The fraction of sp³-hybridized carbons (Fsp3) is 0.583. The number of methoxy groups -OCH3 is 1. The van der Waals surface area contributed by atoms with E-state index in [0.29, 0.717) is 12.4 Å². The Morgan fingerprint density at radius 1 is 1.47 bits per heavy atom. The van der Waals surface area contributed by atoms with Crippen LogP contribution in [0, 0.1) is 6.92 Å². The molecule has 1 aromatic rings. The van der Waals surface area contributed by atoms with Crippen molar-refractivity contribution in [1.82, 2.24) is 20.2 Å². The predicted molar refractivity (Wildman–Crippen MR) is 71.3 cm³/mol. The summed E-state index contributed by atoms with van der Waals surface area (Å²) in [6.45, 7) is 5.79. The lowest BCUT2D eigenvalue weighted by Gasteiger charge is -2.26. The predicted octanol–water partition coefficient (Wildman–Crippen LogP) is -0.363. The van der Waals surface area contributed by atoms with E-state index < -0.39 is 0 Å². The molecular formula is C12H19N5O2. The third-order valence-corrected chi connectivity index (χ3v) is 2.87. The maximum absolute atomic E-state index is 11.9. The molecule has 104 valence electrons. The van der Waals surface area contributed by atoms with E-state index in [9.17, 15) is 4.79 Å². The van der Waals surface area contributed by atoms with Crippen molar-refractivity contribution in [2.24, 2.45) is 0 Å². The maximum atomic E-state index is 11.9. The van der Waals surface area contributed by atoms with Crippen LogP contribution in [0.25, 0.3) is 0 Å². The molecule has 0 unspecified atom stereocenters. The van der Waals surface area contributed by atoms with E-state index in [-0.39, 0.29) is 11.9 Å². The summed E-state index contributed by atoms with van der Waals surface area (Å²) >= 11 is 0. The van der Waals surface area contributed by atoms with Gasteiger partial charge in [0.2, 0.25) is 17.7 Å². The van der Waals surface area contributed by atoms with Crippen molar-refractivity contribution in [2.45, 2.75) is 6.92 Å². The molecule has 0 atom stereocenters. The van der Waals surface area contributed by atoms with Gasteiger partial charge in [0.05, 0.1) is 13.7 Å². The molecule has 1 fully saturated rings. The van der Waals surface area contributed by atoms with Crippen LogP contribution in [0.2, 0.25) is 0 Å². The van der Waals surface area contributed by atoms with E-state index in [1.165, 1.54) is 7.11 Å². The summed E-state index contributed by atoms with van der Waals surface area (Å²) in [5, 5.41) is 5.95. The molecule has 2 N–H and O–H groups in total. The minimum Gasteiger partial charge on any atom is -0.481 e. The van der Waals surface area contributed by atoms with Gasteiger partial charge in [-0.05, 0) is 6.92 Å². The van der Waals surface area contributed by atoms with Gasteiger partial charge in [0, 0.05) is 37.9 Å². The highest BCUT2D eigenvalue weighted by atomic mass is 16.5. The lowest BCUT2D eigenvalue weighted by atomic mass is 10.3. The Bertz CT molecular complexity index is 446. The van der Waals surface area contributed by atoms with Crippen molar-refractivity contribution in [2.75, 3.05) is 45.2 Å². The Kier molecular flexibility index (Phi) is 4.64. The molecule has 1 aromatic heterocycles. The first-order valence-corrected chi connectivity index (χ1v) is 6.30. The number of hydrogen-bond acceptors (Lipinski definition) is 6. The third-order valence-electron chi connectivity index (χ3n) is 2.87. The molecule has 0 aromatic carbocycles. The Morgan fingerprint density at radius 3 is 2.89 bits per heavy atom. The Balaban J connectivity index is 1.92. The highest BCUT2D eigenvalue weighted by molar-refractivity contribution is 5.90. The summed E-state index contributed by atoms with van der Waals surface area (Å²) in [6.07, 6.45) is 0. The standard InChI is InChI=1S/C12H19N5O2/c1-9-7-11(19-2)16-12(14-9)15-10(18)8-17-5-3-13-4-6-17/h7,13H,3-6,8H2,1-2H3,(H,14,15,16,18). The van der Waals surface area contributed by atoms with E-state index in [1.807, 2.05) is 6.92 Å². The van der Waals surface area contributed by atoms with Gasteiger partial charge in [-0.25, -0.2) is 4.98 Å². The number of ether oxygens (including phenoxy) is 1. The van der Waals surface area contributed by atoms with Gasteiger partial charge >= 0.3 is 0 Å². The molecule has 0 bridgehead atoms. The van der Waals surface area contributed by atoms with Crippen molar-refractivity contribution < 1.29 is 9.53 Å². The zero-order valence-corrected chi connectivity index (χ0v) is 11.3. The van der Waals surface area contributed by atoms with Crippen LogP contribution in [0.3, 0.4) is 0 Å². The van der Waals surface area contributed by atoms with Crippen molar-refractivity contribution in [3.63, 3.8) is 0 Å². The number of piperazine rings is 1. The molecule has 0 radical (unpaired) electrons. The van der Waals surface area contributed by atoms with E-state index in [4.69, 9.17) is 4.74 Å². The fourth-order valence-electron chi connectivity index (χ4n) is 1.94. The molecule has 0 aliphatic carbocycles. The van der Waals surface area contributed by atoms with Gasteiger partial charge in [-0.15, -0.1) is 0 Å². The molecule has 0 spiro atoms. The minimum atomic E-state index is -0.102. The summed E-state index contributed by atoms with van der Waals surface area (Å²) in [6, 6.07) is 1.71. The normalized spacial score (nSPS) is 16.1. The SMILES string of the molecule is COc1cc(C)nc(NC(=O)CN2CCNCC2)n1. The number of carbonyl (C=O) groups excluding carboxylic acids is 1. The number of aromatic nitrogens is 2. The molecule has 1 amide bonds. The molecular weight excluding hydrogens is 246 g/mol. The number of nitrogens with one attached hydrogen (secondary N) is 2. The van der Waals surface area contributed by atoms with Gasteiger partial charge in [-0.3, -0.25) is 15.0 Å². The molecule has 1 aliphatic heterocycles. The lowest BCUT2D eigenvalue weighted by Crippen LogP contribution is -2.46. The average Bonchev–Trinajstić information content (AvgIpc) is 2.38. The van der Waals surface area contributed by atoms with Crippen molar-refractivity contribution in [1.29, 1.82) is 0 Å².